The Labute approximate surface area is 196 Å². The summed E-state index contributed by atoms with van der Waals surface area (Å²) in [6.07, 6.45) is 3.42. The van der Waals surface area contributed by atoms with E-state index in [1.807, 2.05) is 18.2 Å². The summed E-state index contributed by atoms with van der Waals surface area (Å²) in [4.78, 5) is 38.2. The molecule has 33 heavy (non-hydrogen) atoms. The van der Waals surface area contributed by atoms with E-state index in [9.17, 15) is 9.59 Å². The highest BCUT2D eigenvalue weighted by atomic mass is 32.1. The molecule has 0 N–H and O–H groups in total. The molecule has 0 saturated carbocycles. The van der Waals surface area contributed by atoms with Crippen LogP contribution in [0.1, 0.15) is 34.1 Å². The van der Waals surface area contributed by atoms with Gasteiger partial charge >= 0.3 is 5.97 Å². The van der Waals surface area contributed by atoms with Crippen molar-refractivity contribution >= 4 is 39.2 Å². The Morgan fingerprint density at radius 3 is 2.76 bits per heavy atom. The van der Waals surface area contributed by atoms with Crippen LogP contribution in [0.15, 0.2) is 42.6 Å². The van der Waals surface area contributed by atoms with E-state index in [0.29, 0.717) is 31.9 Å². The summed E-state index contributed by atoms with van der Waals surface area (Å²) in [5.41, 5.74) is 1.34. The number of ether oxygens (including phenoxy) is 2. The number of para-hydroxylation sites is 1. The highest BCUT2D eigenvalue weighted by Crippen LogP contribution is 2.33. The van der Waals surface area contributed by atoms with Crippen LogP contribution in [0, 0.1) is 0 Å². The van der Waals surface area contributed by atoms with Gasteiger partial charge in [0.05, 0.1) is 34.0 Å². The number of carbonyl (C=O) groups excluding carboxylic acids is 2. The molecular weight excluding hydrogens is 440 g/mol. The lowest BCUT2D eigenvalue weighted by atomic mass is 9.99. The number of carbonyl (C=O) groups is 2. The van der Waals surface area contributed by atoms with E-state index < -0.39 is 5.97 Å². The summed E-state index contributed by atoms with van der Waals surface area (Å²) < 4.78 is 11.8. The van der Waals surface area contributed by atoms with E-state index in [2.05, 4.69) is 16.0 Å². The third-order valence-corrected chi connectivity index (χ3v) is 7.28. The summed E-state index contributed by atoms with van der Waals surface area (Å²) in [5, 5.41) is 1.07. The van der Waals surface area contributed by atoms with E-state index in [-0.39, 0.29) is 18.4 Å². The van der Waals surface area contributed by atoms with Crippen LogP contribution in [-0.2, 0) is 14.3 Å². The van der Waals surface area contributed by atoms with Gasteiger partial charge in [0.2, 0.25) is 0 Å². The molecule has 0 bridgehead atoms. The number of anilines is 1. The number of piperidine rings is 1. The third-order valence-electron chi connectivity index (χ3n) is 6.08. The molecular formula is C24H26N4O4S. The highest BCUT2D eigenvalue weighted by molar-refractivity contribution is 7.18. The van der Waals surface area contributed by atoms with Crippen molar-refractivity contribution in [2.45, 2.75) is 18.8 Å². The molecule has 2 fully saturated rings. The number of thiazole rings is 1. The fourth-order valence-corrected chi connectivity index (χ4v) is 5.35. The largest absolute Gasteiger partial charge is 0.452 e. The number of hydrogen-bond donors (Lipinski definition) is 0. The average molecular weight is 467 g/mol. The zero-order valence-corrected chi connectivity index (χ0v) is 19.1. The fourth-order valence-electron chi connectivity index (χ4n) is 4.26. The molecule has 0 aliphatic carbocycles. The summed E-state index contributed by atoms with van der Waals surface area (Å²) in [7, 11) is 0. The molecule has 9 heteroatoms. The molecule has 8 nitrogen and oxygen atoms in total. The second-order valence-electron chi connectivity index (χ2n) is 8.28. The minimum atomic E-state index is -0.538. The van der Waals surface area contributed by atoms with Crippen molar-refractivity contribution in [3.63, 3.8) is 0 Å². The third kappa shape index (κ3) is 4.99. The Bertz CT molecular complexity index is 1090. The molecule has 2 saturated heterocycles. The smallest absolute Gasteiger partial charge is 0.340 e. The van der Waals surface area contributed by atoms with Gasteiger partial charge in [0.15, 0.2) is 6.61 Å². The van der Waals surface area contributed by atoms with Crippen molar-refractivity contribution in [2.75, 3.05) is 50.9 Å². The van der Waals surface area contributed by atoms with Crippen LogP contribution >= 0.6 is 11.3 Å². The maximum atomic E-state index is 12.7. The van der Waals surface area contributed by atoms with Gasteiger partial charge in [0.25, 0.3) is 5.91 Å². The molecule has 1 atom stereocenters. The van der Waals surface area contributed by atoms with Crippen LogP contribution in [0.4, 0.5) is 5.82 Å². The molecule has 0 spiro atoms. The number of aromatic nitrogens is 2. The molecule has 1 unspecified atom stereocenters. The zero-order chi connectivity index (χ0) is 22.6. The lowest BCUT2D eigenvalue weighted by Gasteiger charge is -2.31. The van der Waals surface area contributed by atoms with Gasteiger partial charge in [-0.05, 0) is 37.1 Å². The maximum Gasteiger partial charge on any atom is 0.340 e. The van der Waals surface area contributed by atoms with Crippen LogP contribution in [0.25, 0.3) is 10.2 Å². The zero-order valence-electron chi connectivity index (χ0n) is 18.3. The first-order valence-corrected chi connectivity index (χ1v) is 12.1. The summed E-state index contributed by atoms with van der Waals surface area (Å²) in [6.45, 7) is 3.91. The molecule has 3 aromatic rings. The highest BCUT2D eigenvalue weighted by Gasteiger charge is 2.27. The first kappa shape index (κ1) is 21.8. The minimum absolute atomic E-state index is 0.174. The number of rotatable bonds is 5. The van der Waals surface area contributed by atoms with Crippen LogP contribution in [0.2, 0.25) is 0 Å². The lowest BCUT2D eigenvalue weighted by Crippen LogP contribution is -2.41. The summed E-state index contributed by atoms with van der Waals surface area (Å²) >= 11 is 1.69. The number of pyridine rings is 1. The molecule has 0 radical (unpaired) electrons. The van der Waals surface area contributed by atoms with Gasteiger partial charge < -0.3 is 19.3 Å². The standard InChI is InChI=1S/C24H26N4O4S/c29-22(16-32-24(30)17-7-8-21(25-14-17)27-10-12-31-13-11-27)28-9-3-4-18(15-28)23-26-19-5-1-2-6-20(19)33-23/h1-2,5-8,14,18H,3-4,9-13,15-16H2. The Hall–Kier alpha value is -3.04. The molecule has 1 amide bonds. The molecule has 2 aromatic heterocycles. The Morgan fingerprint density at radius 2 is 1.97 bits per heavy atom. The Balaban J connectivity index is 1.15. The minimum Gasteiger partial charge on any atom is -0.452 e. The molecule has 2 aliphatic heterocycles. The molecule has 5 rings (SSSR count). The van der Waals surface area contributed by atoms with Gasteiger partial charge in [-0.2, -0.15) is 0 Å². The molecule has 172 valence electrons. The molecule has 4 heterocycles. The predicted octanol–water partition coefficient (Wildman–Crippen LogP) is 3.09. The van der Waals surface area contributed by atoms with Crippen LogP contribution in [0.3, 0.4) is 0 Å². The summed E-state index contributed by atoms with van der Waals surface area (Å²) in [6, 6.07) is 11.6. The van der Waals surface area contributed by atoms with Crippen molar-refractivity contribution in [1.29, 1.82) is 0 Å². The van der Waals surface area contributed by atoms with Crippen LogP contribution in [-0.4, -0.2) is 72.7 Å². The van der Waals surface area contributed by atoms with Gasteiger partial charge in [-0.15, -0.1) is 11.3 Å². The van der Waals surface area contributed by atoms with Gasteiger partial charge in [-0.25, -0.2) is 14.8 Å². The SMILES string of the molecule is O=C(OCC(=O)N1CCCC(c2nc3ccccc3s2)C1)c1ccc(N2CCOCC2)nc1. The Morgan fingerprint density at radius 1 is 1.12 bits per heavy atom. The first-order chi connectivity index (χ1) is 16.2. The van der Waals surface area contributed by atoms with E-state index in [4.69, 9.17) is 14.5 Å². The predicted molar refractivity (Wildman–Crippen MR) is 126 cm³/mol. The monoisotopic (exact) mass is 466 g/mol. The number of likely N-dealkylation sites (tertiary alicyclic amines) is 1. The average Bonchev–Trinajstić information content (AvgIpc) is 3.32. The molecule has 1 aromatic carbocycles. The number of fused-ring (bicyclic) bond motifs is 1. The Kier molecular flexibility index (Phi) is 6.50. The first-order valence-electron chi connectivity index (χ1n) is 11.3. The van der Waals surface area contributed by atoms with E-state index >= 15 is 0 Å². The van der Waals surface area contributed by atoms with E-state index in [1.165, 1.54) is 6.20 Å². The van der Waals surface area contributed by atoms with Crippen molar-refractivity contribution in [3.05, 3.63) is 53.2 Å². The number of benzene rings is 1. The van der Waals surface area contributed by atoms with Gasteiger partial charge in [0, 0.05) is 38.3 Å². The van der Waals surface area contributed by atoms with Crippen molar-refractivity contribution in [2.24, 2.45) is 0 Å². The lowest BCUT2D eigenvalue weighted by molar-refractivity contribution is -0.135. The number of hydrogen-bond acceptors (Lipinski definition) is 8. The van der Waals surface area contributed by atoms with E-state index in [1.54, 1.807) is 28.4 Å². The normalized spacial score (nSPS) is 19.0. The topological polar surface area (TPSA) is 84.9 Å². The number of morpholine rings is 1. The summed E-state index contributed by atoms with van der Waals surface area (Å²) in [5.74, 6) is 0.309. The van der Waals surface area contributed by atoms with Gasteiger partial charge in [0.1, 0.15) is 5.82 Å². The maximum absolute atomic E-state index is 12.7. The van der Waals surface area contributed by atoms with Crippen LogP contribution in [0.5, 0.6) is 0 Å². The van der Waals surface area contributed by atoms with E-state index in [0.717, 1.165) is 47.0 Å². The fraction of sp³-hybridized carbons (Fsp3) is 0.417. The van der Waals surface area contributed by atoms with Crippen molar-refractivity contribution in [3.8, 4) is 0 Å². The second kappa shape index (κ2) is 9.84. The second-order valence-corrected chi connectivity index (χ2v) is 9.34. The van der Waals surface area contributed by atoms with Crippen molar-refractivity contribution < 1.29 is 19.1 Å². The quantitative estimate of drug-likeness (QED) is 0.534. The number of amides is 1. The van der Waals surface area contributed by atoms with Gasteiger partial charge in [-0.1, -0.05) is 12.1 Å². The number of nitrogens with zero attached hydrogens (tertiary/aromatic N) is 4. The van der Waals surface area contributed by atoms with Crippen molar-refractivity contribution in [1.82, 2.24) is 14.9 Å². The van der Waals surface area contributed by atoms with Gasteiger partial charge in [-0.3, -0.25) is 4.79 Å². The van der Waals surface area contributed by atoms with Crippen LogP contribution < -0.4 is 4.90 Å². The molecule has 2 aliphatic rings. The number of esters is 1.